The van der Waals surface area contributed by atoms with Gasteiger partial charge in [-0.05, 0) is 11.6 Å². The Morgan fingerprint density at radius 1 is 0.938 bits per heavy atom. The van der Waals surface area contributed by atoms with Crippen molar-refractivity contribution in [3.63, 3.8) is 0 Å². The standard InChI is InChI=1S/C12H10ClOPS/c13-15(16)12-8-4-2-6-10(12)9-5-1-3-7-11(9)14/h1-8,14-15H. The van der Waals surface area contributed by atoms with Crippen molar-refractivity contribution in [3.05, 3.63) is 48.5 Å². The predicted molar refractivity (Wildman–Crippen MR) is 74.7 cm³/mol. The Balaban J connectivity index is 2.65. The average molecular weight is 269 g/mol. The van der Waals surface area contributed by atoms with Crippen molar-refractivity contribution in [2.75, 3.05) is 0 Å². The van der Waals surface area contributed by atoms with Crippen molar-refractivity contribution in [1.82, 2.24) is 0 Å². The number of hydrogen-bond donors (Lipinski definition) is 1. The zero-order chi connectivity index (χ0) is 11.5. The minimum atomic E-state index is -1.46. The lowest BCUT2D eigenvalue weighted by atomic mass is 10.0. The van der Waals surface area contributed by atoms with Crippen LogP contribution in [0, 0.1) is 0 Å². The number of benzene rings is 2. The minimum Gasteiger partial charge on any atom is -0.507 e. The molecule has 2 aromatic carbocycles. The highest BCUT2D eigenvalue weighted by molar-refractivity contribution is 8.20. The maximum atomic E-state index is 9.80. The zero-order valence-electron chi connectivity index (χ0n) is 8.35. The van der Waals surface area contributed by atoms with Gasteiger partial charge in [-0.1, -0.05) is 65.5 Å². The van der Waals surface area contributed by atoms with E-state index in [0.29, 0.717) is 0 Å². The molecule has 0 radical (unpaired) electrons. The summed E-state index contributed by atoms with van der Waals surface area (Å²) in [5, 5.41) is 10.8. The normalized spacial score (nSPS) is 12.3. The number of phenolic OH excluding ortho intramolecular Hbond substituents is 1. The van der Waals surface area contributed by atoms with Crippen LogP contribution in [0.4, 0.5) is 0 Å². The van der Waals surface area contributed by atoms with Gasteiger partial charge in [-0.3, -0.25) is 0 Å². The topological polar surface area (TPSA) is 20.2 Å². The van der Waals surface area contributed by atoms with Gasteiger partial charge in [0.15, 0.2) is 0 Å². The molecule has 0 aliphatic rings. The summed E-state index contributed by atoms with van der Waals surface area (Å²) in [4.78, 5) is 0. The summed E-state index contributed by atoms with van der Waals surface area (Å²) >= 11 is 11.2. The Morgan fingerprint density at radius 2 is 1.50 bits per heavy atom. The smallest absolute Gasteiger partial charge is 0.123 e. The van der Waals surface area contributed by atoms with Gasteiger partial charge in [0.25, 0.3) is 0 Å². The van der Waals surface area contributed by atoms with E-state index in [-0.39, 0.29) is 5.75 Å². The predicted octanol–water partition coefficient (Wildman–Crippen LogP) is 3.51. The number of aromatic hydroxyl groups is 1. The summed E-state index contributed by atoms with van der Waals surface area (Å²) in [6.45, 7) is 0. The maximum Gasteiger partial charge on any atom is 0.123 e. The lowest BCUT2D eigenvalue weighted by Crippen LogP contribution is -1.98. The van der Waals surface area contributed by atoms with Crippen LogP contribution < -0.4 is 5.30 Å². The SMILES string of the molecule is Oc1ccccc1-c1ccccc1[PH](=S)Cl. The summed E-state index contributed by atoms with van der Waals surface area (Å²) in [7, 11) is 0. The van der Waals surface area contributed by atoms with Crippen LogP contribution in [0.2, 0.25) is 0 Å². The summed E-state index contributed by atoms with van der Waals surface area (Å²) < 4.78 is 0. The van der Waals surface area contributed by atoms with E-state index >= 15 is 0 Å². The molecular weight excluding hydrogens is 259 g/mol. The van der Waals surface area contributed by atoms with Crippen molar-refractivity contribution in [2.45, 2.75) is 0 Å². The Bertz CT molecular complexity index is 542. The van der Waals surface area contributed by atoms with E-state index in [0.717, 1.165) is 16.4 Å². The van der Waals surface area contributed by atoms with Gasteiger partial charge in [-0.2, -0.15) is 0 Å². The molecule has 0 spiro atoms. The second-order valence-corrected chi connectivity index (χ2v) is 7.45. The Hall–Kier alpha value is -0.820. The van der Waals surface area contributed by atoms with Crippen molar-refractivity contribution < 1.29 is 5.11 Å². The van der Waals surface area contributed by atoms with Crippen molar-refractivity contribution in [1.29, 1.82) is 0 Å². The zero-order valence-corrected chi connectivity index (χ0v) is 10.9. The Kier molecular flexibility index (Phi) is 3.65. The third-order valence-electron chi connectivity index (χ3n) is 2.33. The van der Waals surface area contributed by atoms with E-state index in [4.69, 9.17) is 23.0 Å². The van der Waals surface area contributed by atoms with Crippen molar-refractivity contribution >= 4 is 34.4 Å². The Labute approximate surface area is 105 Å². The highest BCUT2D eigenvalue weighted by atomic mass is 35.7. The fourth-order valence-corrected chi connectivity index (χ4v) is 3.28. The van der Waals surface area contributed by atoms with Crippen molar-refractivity contribution in [2.24, 2.45) is 0 Å². The van der Waals surface area contributed by atoms with Gasteiger partial charge < -0.3 is 5.11 Å². The Morgan fingerprint density at radius 3 is 2.12 bits per heavy atom. The highest BCUT2D eigenvalue weighted by Crippen LogP contribution is 2.35. The molecule has 1 atom stereocenters. The third kappa shape index (κ3) is 2.30. The number of rotatable bonds is 2. The van der Waals surface area contributed by atoms with Crippen LogP contribution in [0.25, 0.3) is 11.1 Å². The molecule has 0 amide bonds. The first-order valence-corrected chi connectivity index (χ1v) is 8.42. The second-order valence-electron chi connectivity index (χ2n) is 3.34. The van der Waals surface area contributed by atoms with Crippen LogP contribution in [0.1, 0.15) is 0 Å². The number of phenols is 1. The van der Waals surface area contributed by atoms with Crippen LogP contribution in [0.3, 0.4) is 0 Å². The first-order chi connectivity index (χ1) is 7.70. The summed E-state index contributed by atoms with van der Waals surface area (Å²) in [6, 6.07) is 13.4. The fourth-order valence-electron chi connectivity index (χ4n) is 1.59. The molecule has 1 nitrogen and oxygen atoms in total. The number of para-hydroxylation sites is 1. The van der Waals surface area contributed by atoms with Crippen LogP contribution >= 0.6 is 17.3 Å². The van der Waals surface area contributed by atoms with E-state index in [1.807, 2.05) is 36.4 Å². The van der Waals surface area contributed by atoms with Crippen LogP contribution in [-0.4, -0.2) is 5.11 Å². The first kappa shape index (κ1) is 11.7. The molecule has 0 aromatic heterocycles. The van der Waals surface area contributed by atoms with Crippen LogP contribution in [-0.2, 0) is 11.8 Å². The largest absolute Gasteiger partial charge is 0.507 e. The lowest BCUT2D eigenvalue weighted by molar-refractivity contribution is 0.477. The van der Waals surface area contributed by atoms with Gasteiger partial charge in [0.1, 0.15) is 5.75 Å². The third-order valence-corrected chi connectivity index (χ3v) is 4.46. The molecule has 4 heteroatoms. The monoisotopic (exact) mass is 268 g/mol. The lowest BCUT2D eigenvalue weighted by Gasteiger charge is -2.09. The minimum absolute atomic E-state index is 0.255. The first-order valence-electron chi connectivity index (χ1n) is 4.77. The summed E-state index contributed by atoms with van der Waals surface area (Å²) in [6.07, 6.45) is 0. The van der Waals surface area contributed by atoms with Gasteiger partial charge in [-0.25, -0.2) is 0 Å². The fraction of sp³-hybridized carbons (Fsp3) is 0. The average Bonchev–Trinajstić information content (AvgIpc) is 2.29. The van der Waals surface area contributed by atoms with E-state index < -0.39 is 6.05 Å². The second kappa shape index (κ2) is 5.01. The number of hydrogen-bond acceptors (Lipinski definition) is 2. The molecule has 0 aliphatic heterocycles. The van der Waals surface area contributed by atoms with Gasteiger partial charge in [0.05, 0.1) is 6.05 Å². The molecule has 2 aromatic rings. The maximum absolute atomic E-state index is 9.80. The van der Waals surface area contributed by atoms with E-state index in [1.165, 1.54) is 0 Å². The molecule has 0 bridgehead atoms. The molecule has 0 saturated heterocycles. The molecular formula is C12H10ClOPS. The van der Waals surface area contributed by atoms with Gasteiger partial charge in [0, 0.05) is 10.9 Å². The van der Waals surface area contributed by atoms with Crippen LogP contribution in [0.5, 0.6) is 5.75 Å². The molecule has 0 saturated carbocycles. The quantitative estimate of drug-likeness (QED) is 0.841. The van der Waals surface area contributed by atoms with Gasteiger partial charge in [-0.15, -0.1) is 0 Å². The molecule has 1 unspecified atom stereocenters. The highest BCUT2D eigenvalue weighted by Gasteiger charge is 2.09. The molecule has 16 heavy (non-hydrogen) atoms. The number of halogens is 1. The summed E-state index contributed by atoms with van der Waals surface area (Å²) in [5.74, 6) is 0.255. The van der Waals surface area contributed by atoms with E-state index in [2.05, 4.69) is 0 Å². The summed E-state index contributed by atoms with van der Waals surface area (Å²) in [5.41, 5.74) is 1.71. The molecule has 0 aliphatic carbocycles. The van der Waals surface area contributed by atoms with E-state index in [9.17, 15) is 5.11 Å². The van der Waals surface area contributed by atoms with Gasteiger partial charge in [0.2, 0.25) is 0 Å². The molecule has 82 valence electrons. The molecule has 1 N–H and O–H groups in total. The van der Waals surface area contributed by atoms with Crippen molar-refractivity contribution in [3.8, 4) is 16.9 Å². The van der Waals surface area contributed by atoms with E-state index in [1.54, 1.807) is 12.1 Å². The van der Waals surface area contributed by atoms with Crippen LogP contribution in [0.15, 0.2) is 48.5 Å². The van der Waals surface area contributed by atoms with Gasteiger partial charge >= 0.3 is 0 Å². The molecule has 2 rings (SSSR count). The molecule has 0 fully saturated rings. The molecule has 0 heterocycles.